The van der Waals surface area contributed by atoms with Crippen LogP contribution < -0.4 is 15.4 Å². The second kappa shape index (κ2) is 7.21. The van der Waals surface area contributed by atoms with E-state index in [0.29, 0.717) is 5.13 Å². The molecule has 0 amide bonds. The van der Waals surface area contributed by atoms with Gasteiger partial charge in [-0.05, 0) is 31.5 Å². The molecule has 0 aliphatic carbocycles. The first-order chi connectivity index (χ1) is 11.2. The van der Waals surface area contributed by atoms with Crippen LogP contribution in [0.5, 0.6) is 5.75 Å². The van der Waals surface area contributed by atoms with Crippen molar-refractivity contribution < 1.29 is 4.74 Å². The van der Waals surface area contributed by atoms with Crippen LogP contribution in [0.1, 0.15) is 39.5 Å². The first kappa shape index (κ1) is 16.1. The van der Waals surface area contributed by atoms with Gasteiger partial charge in [0.2, 0.25) is 0 Å². The van der Waals surface area contributed by atoms with E-state index >= 15 is 0 Å². The van der Waals surface area contributed by atoms with Crippen LogP contribution in [0.3, 0.4) is 0 Å². The molecule has 5 heteroatoms. The van der Waals surface area contributed by atoms with Crippen LogP contribution in [0.2, 0.25) is 0 Å². The molecule has 124 valence electrons. The molecule has 23 heavy (non-hydrogen) atoms. The van der Waals surface area contributed by atoms with Crippen molar-refractivity contribution in [1.82, 2.24) is 4.98 Å². The van der Waals surface area contributed by atoms with Crippen molar-refractivity contribution in [1.29, 1.82) is 0 Å². The highest BCUT2D eigenvalue weighted by molar-refractivity contribution is 7.13. The summed E-state index contributed by atoms with van der Waals surface area (Å²) in [4.78, 5) is 6.85. The quantitative estimate of drug-likeness (QED) is 0.788. The summed E-state index contributed by atoms with van der Waals surface area (Å²) in [5.74, 6) is 0.978. The van der Waals surface area contributed by atoms with E-state index < -0.39 is 0 Å². The summed E-state index contributed by atoms with van der Waals surface area (Å²) >= 11 is 1.48. The SMILES string of the molecule is CCCCCCN1CC(C)Oc2ccc(-c3csc(N)n3)cc21. The Morgan fingerprint density at radius 3 is 2.96 bits per heavy atom. The number of aromatic nitrogens is 1. The molecule has 2 heterocycles. The molecule has 2 N–H and O–H groups in total. The molecule has 2 aromatic rings. The van der Waals surface area contributed by atoms with E-state index in [9.17, 15) is 0 Å². The summed E-state index contributed by atoms with van der Waals surface area (Å²) in [5, 5.41) is 2.62. The highest BCUT2D eigenvalue weighted by atomic mass is 32.1. The van der Waals surface area contributed by atoms with Gasteiger partial charge in [0.15, 0.2) is 5.13 Å². The summed E-state index contributed by atoms with van der Waals surface area (Å²) in [7, 11) is 0. The fourth-order valence-electron chi connectivity index (χ4n) is 3.05. The highest BCUT2D eigenvalue weighted by Crippen LogP contribution is 2.37. The molecule has 4 nitrogen and oxygen atoms in total. The molecular formula is C18H25N3OS. The van der Waals surface area contributed by atoms with Gasteiger partial charge in [-0.1, -0.05) is 26.2 Å². The largest absolute Gasteiger partial charge is 0.487 e. The molecule has 0 saturated carbocycles. The van der Waals surface area contributed by atoms with Crippen LogP contribution in [0.15, 0.2) is 23.6 Å². The van der Waals surface area contributed by atoms with Gasteiger partial charge in [-0.15, -0.1) is 11.3 Å². The van der Waals surface area contributed by atoms with E-state index in [4.69, 9.17) is 10.5 Å². The first-order valence-electron chi connectivity index (χ1n) is 8.44. The van der Waals surface area contributed by atoms with Gasteiger partial charge in [-0.2, -0.15) is 0 Å². The van der Waals surface area contributed by atoms with Crippen molar-refractivity contribution >= 4 is 22.2 Å². The maximum Gasteiger partial charge on any atom is 0.180 e. The minimum atomic E-state index is 0.231. The molecule has 1 aliphatic heterocycles. The molecule has 1 aromatic carbocycles. The number of unbranched alkanes of at least 4 members (excludes halogenated alkanes) is 3. The van der Waals surface area contributed by atoms with E-state index in [-0.39, 0.29) is 6.10 Å². The molecular weight excluding hydrogens is 306 g/mol. The third-order valence-corrected chi connectivity index (χ3v) is 4.88. The number of benzene rings is 1. The smallest absolute Gasteiger partial charge is 0.180 e. The molecule has 0 bridgehead atoms. The van der Waals surface area contributed by atoms with E-state index in [1.165, 1.54) is 42.7 Å². The third-order valence-electron chi connectivity index (χ3n) is 4.20. The minimum absolute atomic E-state index is 0.231. The fraction of sp³-hybridized carbons (Fsp3) is 0.500. The monoisotopic (exact) mass is 331 g/mol. The van der Waals surface area contributed by atoms with Crippen LogP contribution in [-0.4, -0.2) is 24.2 Å². The lowest BCUT2D eigenvalue weighted by atomic mass is 10.1. The predicted octanol–water partition coefficient (Wildman–Crippen LogP) is 4.56. The molecule has 1 aromatic heterocycles. The van der Waals surface area contributed by atoms with Crippen molar-refractivity contribution in [2.75, 3.05) is 23.7 Å². The standard InChI is InChI=1S/C18H25N3OS/c1-3-4-5-6-9-21-11-13(2)22-17-8-7-14(10-16(17)21)15-12-23-18(19)20-15/h7-8,10,12-13H,3-6,9,11H2,1-2H3,(H2,19,20). The van der Waals surface area contributed by atoms with Crippen molar-refractivity contribution in [3.05, 3.63) is 23.6 Å². The van der Waals surface area contributed by atoms with Crippen molar-refractivity contribution in [2.45, 2.75) is 45.6 Å². The van der Waals surface area contributed by atoms with E-state index in [1.54, 1.807) is 0 Å². The van der Waals surface area contributed by atoms with Gasteiger partial charge in [0.05, 0.1) is 17.9 Å². The number of thiazole rings is 1. The van der Waals surface area contributed by atoms with Crippen LogP contribution in [0.4, 0.5) is 10.8 Å². The Hall–Kier alpha value is -1.75. The van der Waals surface area contributed by atoms with E-state index in [2.05, 4.69) is 41.9 Å². The molecule has 1 atom stereocenters. The molecule has 0 spiro atoms. The minimum Gasteiger partial charge on any atom is -0.487 e. The second-order valence-corrected chi connectivity index (χ2v) is 7.08. The van der Waals surface area contributed by atoms with Gasteiger partial charge in [-0.25, -0.2) is 4.98 Å². The number of nitrogen functional groups attached to an aromatic ring is 1. The van der Waals surface area contributed by atoms with Gasteiger partial charge in [0.25, 0.3) is 0 Å². The zero-order valence-corrected chi connectivity index (χ0v) is 14.7. The molecule has 0 fully saturated rings. The number of hydrogen-bond donors (Lipinski definition) is 1. The first-order valence-corrected chi connectivity index (χ1v) is 9.32. The Kier molecular flexibility index (Phi) is 5.06. The van der Waals surface area contributed by atoms with Crippen LogP contribution in [0.25, 0.3) is 11.3 Å². The number of rotatable bonds is 6. The predicted molar refractivity (Wildman–Crippen MR) is 98.4 cm³/mol. The van der Waals surface area contributed by atoms with Crippen LogP contribution in [0, 0.1) is 0 Å². The lowest BCUT2D eigenvalue weighted by molar-refractivity contribution is 0.212. The summed E-state index contributed by atoms with van der Waals surface area (Å²) in [5.41, 5.74) is 9.00. The van der Waals surface area contributed by atoms with Gasteiger partial charge < -0.3 is 15.4 Å². The number of nitrogens with two attached hydrogens (primary N) is 1. The van der Waals surface area contributed by atoms with E-state index in [1.807, 2.05) is 5.38 Å². The number of anilines is 2. The normalized spacial score (nSPS) is 17.0. The summed E-state index contributed by atoms with van der Waals surface area (Å²) in [6.45, 7) is 6.42. The van der Waals surface area contributed by atoms with Crippen LogP contribution >= 0.6 is 11.3 Å². The summed E-state index contributed by atoms with van der Waals surface area (Å²) in [6.07, 6.45) is 5.33. The lowest BCUT2D eigenvalue weighted by Crippen LogP contribution is -2.39. The van der Waals surface area contributed by atoms with Gasteiger partial charge in [0, 0.05) is 17.5 Å². The molecule has 1 aliphatic rings. The Morgan fingerprint density at radius 2 is 2.22 bits per heavy atom. The zero-order valence-electron chi connectivity index (χ0n) is 13.9. The van der Waals surface area contributed by atoms with Gasteiger partial charge in [0.1, 0.15) is 11.9 Å². The van der Waals surface area contributed by atoms with Gasteiger partial charge >= 0.3 is 0 Å². The third kappa shape index (κ3) is 3.78. The second-order valence-electron chi connectivity index (χ2n) is 6.19. The Labute approximate surface area is 142 Å². The van der Waals surface area contributed by atoms with Crippen molar-refractivity contribution in [2.24, 2.45) is 0 Å². The van der Waals surface area contributed by atoms with Crippen molar-refractivity contribution in [3.63, 3.8) is 0 Å². The average Bonchev–Trinajstić information content (AvgIpc) is 2.97. The topological polar surface area (TPSA) is 51.4 Å². The summed E-state index contributed by atoms with van der Waals surface area (Å²) in [6, 6.07) is 6.32. The Bertz CT molecular complexity index is 655. The van der Waals surface area contributed by atoms with Gasteiger partial charge in [-0.3, -0.25) is 0 Å². The number of fused-ring (bicyclic) bond motifs is 1. The number of ether oxygens (including phenoxy) is 1. The number of nitrogens with zero attached hydrogens (tertiary/aromatic N) is 2. The molecule has 0 radical (unpaired) electrons. The highest BCUT2D eigenvalue weighted by Gasteiger charge is 2.23. The lowest BCUT2D eigenvalue weighted by Gasteiger charge is -2.35. The summed E-state index contributed by atoms with van der Waals surface area (Å²) < 4.78 is 6.00. The average molecular weight is 331 g/mol. The maximum atomic E-state index is 6.00. The van der Waals surface area contributed by atoms with E-state index in [0.717, 1.165) is 30.1 Å². The van der Waals surface area contributed by atoms with Crippen molar-refractivity contribution in [3.8, 4) is 17.0 Å². The maximum absolute atomic E-state index is 6.00. The Balaban J connectivity index is 1.82. The number of hydrogen-bond acceptors (Lipinski definition) is 5. The molecule has 1 unspecified atom stereocenters. The van der Waals surface area contributed by atoms with Crippen LogP contribution in [-0.2, 0) is 0 Å². The molecule has 0 saturated heterocycles. The zero-order chi connectivity index (χ0) is 16.2. The molecule has 3 rings (SSSR count). The fourth-order valence-corrected chi connectivity index (χ4v) is 3.62. The Morgan fingerprint density at radius 1 is 1.35 bits per heavy atom.